The molecule has 3 aromatic rings. The van der Waals surface area contributed by atoms with E-state index in [0.717, 1.165) is 4.57 Å². The quantitative estimate of drug-likeness (QED) is 0.565. The van der Waals surface area contributed by atoms with Gasteiger partial charge in [-0.2, -0.15) is 0 Å². The van der Waals surface area contributed by atoms with Crippen molar-refractivity contribution in [2.24, 2.45) is 0 Å². The molecule has 0 radical (unpaired) electrons. The van der Waals surface area contributed by atoms with E-state index in [1.54, 1.807) is 6.07 Å². The summed E-state index contributed by atoms with van der Waals surface area (Å²) in [5.41, 5.74) is -0.0926. The van der Waals surface area contributed by atoms with E-state index < -0.39 is 42.5 Å². The summed E-state index contributed by atoms with van der Waals surface area (Å²) >= 11 is 0. The number of hydrogen-bond acceptors (Lipinski definition) is 7. The van der Waals surface area contributed by atoms with Crippen molar-refractivity contribution in [3.63, 3.8) is 0 Å². The van der Waals surface area contributed by atoms with Crippen molar-refractivity contribution in [1.82, 2.24) is 19.1 Å². The van der Waals surface area contributed by atoms with E-state index in [9.17, 15) is 24.5 Å². The molecule has 26 heavy (non-hydrogen) atoms. The lowest BCUT2D eigenvalue weighted by atomic mass is 10.1. The maximum Gasteiger partial charge on any atom is 0.286 e. The van der Waals surface area contributed by atoms with Gasteiger partial charge in [0.1, 0.15) is 30.5 Å². The fourth-order valence-corrected chi connectivity index (χ4v) is 3.02. The maximum absolute atomic E-state index is 13.4. The van der Waals surface area contributed by atoms with Gasteiger partial charge in [0.05, 0.1) is 18.6 Å². The van der Waals surface area contributed by atoms with Crippen LogP contribution >= 0.6 is 0 Å². The molecule has 2 aromatic heterocycles. The zero-order valence-corrected chi connectivity index (χ0v) is 13.3. The highest BCUT2D eigenvalue weighted by Gasteiger charge is 2.44. The SMILES string of the molecule is O=c1c2ncn([C@@H]3O[C@H](CO)[C@@H](O)[C@H]3O)c2ncn1-c1cccc(F)c1. The fourth-order valence-electron chi connectivity index (χ4n) is 3.02. The molecule has 4 atom stereocenters. The average Bonchev–Trinajstić information content (AvgIpc) is 3.18. The second kappa shape index (κ2) is 6.25. The first-order chi connectivity index (χ1) is 12.5. The third-order valence-corrected chi connectivity index (χ3v) is 4.36. The Balaban J connectivity index is 1.79. The van der Waals surface area contributed by atoms with Crippen LogP contribution in [0.3, 0.4) is 0 Å². The van der Waals surface area contributed by atoms with Crippen molar-refractivity contribution < 1.29 is 24.4 Å². The maximum atomic E-state index is 13.4. The first-order valence-corrected chi connectivity index (χ1v) is 7.84. The van der Waals surface area contributed by atoms with Crippen molar-refractivity contribution >= 4 is 11.2 Å². The number of imidazole rings is 1. The van der Waals surface area contributed by atoms with E-state index in [0.29, 0.717) is 5.69 Å². The number of hydrogen-bond donors (Lipinski definition) is 3. The molecule has 0 bridgehead atoms. The lowest BCUT2D eigenvalue weighted by Gasteiger charge is -2.16. The largest absolute Gasteiger partial charge is 0.394 e. The number of benzene rings is 1. The number of aliphatic hydroxyl groups excluding tert-OH is 3. The molecular weight excluding hydrogens is 347 g/mol. The predicted molar refractivity (Wildman–Crippen MR) is 86.1 cm³/mol. The monoisotopic (exact) mass is 362 g/mol. The van der Waals surface area contributed by atoms with E-state index in [2.05, 4.69) is 9.97 Å². The summed E-state index contributed by atoms with van der Waals surface area (Å²) in [4.78, 5) is 20.9. The Morgan fingerprint density at radius 2 is 2.00 bits per heavy atom. The van der Waals surface area contributed by atoms with Crippen molar-refractivity contribution in [2.45, 2.75) is 24.5 Å². The Bertz CT molecular complexity index is 1020. The van der Waals surface area contributed by atoms with Gasteiger partial charge in [0.15, 0.2) is 17.4 Å². The Morgan fingerprint density at radius 3 is 2.69 bits per heavy atom. The molecule has 1 aliphatic rings. The Hall–Kier alpha value is -2.66. The Morgan fingerprint density at radius 1 is 1.19 bits per heavy atom. The van der Waals surface area contributed by atoms with Gasteiger partial charge >= 0.3 is 0 Å². The summed E-state index contributed by atoms with van der Waals surface area (Å²) < 4.78 is 21.3. The van der Waals surface area contributed by atoms with E-state index in [1.807, 2.05) is 0 Å². The second-order valence-electron chi connectivity index (χ2n) is 5.95. The highest BCUT2D eigenvalue weighted by molar-refractivity contribution is 5.69. The third-order valence-electron chi connectivity index (χ3n) is 4.36. The zero-order chi connectivity index (χ0) is 18.4. The van der Waals surface area contributed by atoms with E-state index in [4.69, 9.17) is 4.74 Å². The molecule has 1 fully saturated rings. The van der Waals surface area contributed by atoms with Crippen LogP contribution in [0.4, 0.5) is 4.39 Å². The number of fused-ring (bicyclic) bond motifs is 1. The lowest BCUT2D eigenvalue weighted by Crippen LogP contribution is -2.33. The van der Waals surface area contributed by atoms with Gasteiger partial charge in [0, 0.05) is 0 Å². The van der Waals surface area contributed by atoms with Crippen LogP contribution in [-0.4, -0.2) is 59.3 Å². The van der Waals surface area contributed by atoms with Gasteiger partial charge in [-0.05, 0) is 18.2 Å². The van der Waals surface area contributed by atoms with Crippen molar-refractivity contribution in [1.29, 1.82) is 0 Å². The Labute approximate surface area is 145 Å². The highest BCUT2D eigenvalue weighted by atomic mass is 19.1. The van der Waals surface area contributed by atoms with Crippen LogP contribution in [0.2, 0.25) is 0 Å². The number of aliphatic hydroxyl groups is 3. The summed E-state index contributed by atoms with van der Waals surface area (Å²) in [6.07, 6.45) is -2.13. The zero-order valence-electron chi connectivity index (χ0n) is 13.3. The molecule has 0 saturated carbocycles. The normalized spacial score (nSPS) is 25.8. The topological polar surface area (TPSA) is 123 Å². The van der Waals surface area contributed by atoms with Crippen LogP contribution in [0.5, 0.6) is 0 Å². The molecule has 1 saturated heterocycles. The smallest absolute Gasteiger partial charge is 0.286 e. The van der Waals surface area contributed by atoms with Gasteiger partial charge in [-0.1, -0.05) is 6.07 Å². The number of aromatic nitrogens is 4. The minimum atomic E-state index is -1.32. The average molecular weight is 362 g/mol. The number of nitrogens with zero attached hydrogens (tertiary/aromatic N) is 4. The highest BCUT2D eigenvalue weighted by Crippen LogP contribution is 2.30. The summed E-state index contributed by atoms with van der Waals surface area (Å²) in [7, 11) is 0. The molecule has 0 amide bonds. The van der Waals surface area contributed by atoms with Crippen molar-refractivity contribution in [3.8, 4) is 5.69 Å². The molecule has 3 heterocycles. The van der Waals surface area contributed by atoms with Gasteiger partial charge in [-0.25, -0.2) is 14.4 Å². The van der Waals surface area contributed by atoms with E-state index >= 15 is 0 Å². The lowest BCUT2D eigenvalue weighted by molar-refractivity contribution is -0.0511. The van der Waals surface area contributed by atoms with Crippen LogP contribution in [0.1, 0.15) is 6.23 Å². The van der Waals surface area contributed by atoms with Crippen LogP contribution in [0.15, 0.2) is 41.7 Å². The first-order valence-electron chi connectivity index (χ1n) is 7.84. The first kappa shape index (κ1) is 16.8. The Kier molecular flexibility index (Phi) is 4.04. The molecule has 1 aliphatic heterocycles. The number of rotatable bonds is 3. The fraction of sp³-hybridized carbons (Fsp3) is 0.312. The molecule has 0 aliphatic carbocycles. The van der Waals surface area contributed by atoms with Gasteiger partial charge in [-0.15, -0.1) is 0 Å². The molecule has 9 nitrogen and oxygen atoms in total. The molecule has 136 valence electrons. The van der Waals surface area contributed by atoms with Crippen molar-refractivity contribution in [3.05, 3.63) is 53.1 Å². The standard InChI is InChI=1S/C16H15FN4O5/c17-8-2-1-3-9(4-8)20-7-19-14-11(15(20)25)18-6-21(14)16-13(24)12(23)10(5-22)26-16/h1-4,6-7,10,12-13,16,22-24H,5H2/t10-,12-,13-,16-/m1/s1. The molecule has 3 N–H and O–H groups in total. The summed E-state index contributed by atoms with van der Waals surface area (Å²) in [5, 5.41) is 29.2. The number of ether oxygens (including phenoxy) is 1. The summed E-state index contributed by atoms with van der Waals surface area (Å²) in [5.74, 6) is -0.494. The molecule has 0 spiro atoms. The van der Waals surface area contributed by atoms with Crippen LogP contribution in [-0.2, 0) is 4.74 Å². The van der Waals surface area contributed by atoms with Gasteiger partial charge in [-0.3, -0.25) is 13.9 Å². The van der Waals surface area contributed by atoms with E-state index in [-0.39, 0.29) is 11.2 Å². The van der Waals surface area contributed by atoms with E-state index in [1.165, 1.54) is 35.4 Å². The minimum Gasteiger partial charge on any atom is -0.394 e. The summed E-state index contributed by atoms with van der Waals surface area (Å²) in [6, 6.07) is 5.48. The minimum absolute atomic E-state index is 0.00509. The van der Waals surface area contributed by atoms with Crippen LogP contribution in [0.25, 0.3) is 16.9 Å². The van der Waals surface area contributed by atoms with Crippen molar-refractivity contribution in [2.75, 3.05) is 6.61 Å². The molecule has 0 unspecified atom stereocenters. The molecule has 1 aromatic carbocycles. The molecule has 4 rings (SSSR count). The van der Waals surface area contributed by atoms with Gasteiger partial charge < -0.3 is 20.1 Å². The predicted octanol–water partition coefficient (Wildman–Crippen LogP) is -0.667. The third kappa shape index (κ3) is 2.51. The van der Waals surface area contributed by atoms with Crippen LogP contribution in [0, 0.1) is 5.82 Å². The second-order valence-corrected chi connectivity index (χ2v) is 5.95. The van der Waals surface area contributed by atoms with Gasteiger partial charge in [0.25, 0.3) is 5.56 Å². The van der Waals surface area contributed by atoms with Crippen LogP contribution < -0.4 is 5.56 Å². The van der Waals surface area contributed by atoms with Gasteiger partial charge in [0.2, 0.25) is 0 Å². The number of halogens is 1. The molecule has 10 heteroatoms. The summed E-state index contributed by atoms with van der Waals surface area (Å²) in [6.45, 7) is -0.471. The molecular formula is C16H15FN4O5.